The largest absolute Gasteiger partial charge is 0.492 e. The van der Waals surface area contributed by atoms with E-state index < -0.39 is 9.84 Å². The van der Waals surface area contributed by atoms with Crippen LogP contribution >= 0.6 is 24.0 Å². The molecule has 2 fully saturated rings. The number of aliphatic imine (C=N–C) groups is 1. The number of piperidine rings is 1. The zero-order valence-corrected chi connectivity index (χ0v) is 21.1. The molecule has 9 heteroatoms. The van der Waals surface area contributed by atoms with Crippen molar-refractivity contribution in [3.63, 3.8) is 0 Å². The first-order valence-corrected chi connectivity index (χ1v) is 12.5. The van der Waals surface area contributed by atoms with Crippen molar-refractivity contribution in [2.24, 2.45) is 4.99 Å². The Morgan fingerprint density at radius 2 is 1.77 bits per heavy atom. The van der Waals surface area contributed by atoms with Crippen LogP contribution < -0.4 is 15.4 Å². The maximum Gasteiger partial charge on any atom is 0.191 e. The van der Waals surface area contributed by atoms with E-state index in [1.54, 1.807) is 31.3 Å². The average molecular weight is 551 g/mol. The smallest absolute Gasteiger partial charge is 0.191 e. The molecule has 0 atom stereocenters. The molecule has 0 radical (unpaired) electrons. The Kier molecular flexibility index (Phi) is 10.2. The van der Waals surface area contributed by atoms with E-state index in [4.69, 9.17) is 4.74 Å². The minimum Gasteiger partial charge on any atom is -0.492 e. The van der Waals surface area contributed by atoms with Crippen LogP contribution in [0.2, 0.25) is 0 Å². The van der Waals surface area contributed by atoms with E-state index in [1.165, 1.54) is 45.0 Å². The highest BCUT2D eigenvalue weighted by atomic mass is 127. The van der Waals surface area contributed by atoms with Crippen LogP contribution in [0.1, 0.15) is 38.5 Å². The monoisotopic (exact) mass is 550 g/mol. The Hall–Kier alpha value is -1.07. The fourth-order valence-corrected chi connectivity index (χ4v) is 4.82. The molecule has 2 aliphatic rings. The predicted molar refractivity (Wildman–Crippen MR) is 132 cm³/mol. The summed E-state index contributed by atoms with van der Waals surface area (Å²) in [5.74, 6) is 1.46. The van der Waals surface area contributed by atoms with Crippen molar-refractivity contribution in [2.45, 2.75) is 55.5 Å². The number of guanidine groups is 1. The molecule has 1 aliphatic carbocycles. The van der Waals surface area contributed by atoms with E-state index in [2.05, 4.69) is 20.5 Å². The van der Waals surface area contributed by atoms with E-state index in [9.17, 15) is 8.42 Å². The van der Waals surface area contributed by atoms with Crippen molar-refractivity contribution in [3.05, 3.63) is 24.3 Å². The molecule has 1 aliphatic heterocycles. The van der Waals surface area contributed by atoms with E-state index >= 15 is 0 Å². The van der Waals surface area contributed by atoms with Crippen LogP contribution in [0.4, 0.5) is 0 Å². The number of hydrogen-bond donors (Lipinski definition) is 2. The molecule has 1 saturated heterocycles. The van der Waals surface area contributed by atoms with Gasteiger partial charge in [0.1, 0.15) is 12.4 Å². The van der Waals surface area contributed by atoms with Crippen LogP contribution in [-0.2, 0) is 9.84 Å². The summed E-state index contributed by atoms with van der Waals surface area (Å²) in [6, 6.07) is 7.77. The third-order valence-corrected chi connectivity index (χ3v) is 6.98. The van der Waals surface area contributed by atoms with Crippen molar-refractivity contribution in [2.75, 3.05) is 39.5 Å². The standard InChI is InChI=1S/C21H34N4O3S.HI/c1-22-21(24-17-11-14-25(15-12-17)18-5-3-4-6-18)23-13-16-28-19-7-9-20(10-8-19)29(2,26)27;/h7-10,17-18H,3-6,11-16H2,1-2H3,(H2,22,23,24);1H. The first-order chi connectivity index (χ1) is 14.0. The van der Waals surface area contributed by atoms with E-state index in [-0.39, 0.29) is 24.0 Å². The molecule has 1 aromatic rings. The molecule has 0 aromatic heterocycles. The fraction of sp³-hybridized carbons (Fsp3) is 0.667. The summed E-state index contributed by atoms with van der Waals surface area (Å²) in [6.45, 7) is 3.44. The highest BCUT2D eigenvalue weighted by Gasteiger charge is 2.27. The van der Waals surface area contributed by atoms with Crippen LogP contribution in [0.25, 0.3) is 0 Å². The Labute approximate surface area is 198 Å². The summed E-state index contributed by atoms with van der Waals surface area (Å²) in [6.07, 6.45) is 9.04. The zero-order valence-electron chi connectivity index (χ0n) is 18.0. The normalized spacial score (nSPS) is 19.3. The van der Waals surface area contributed by atoms with Gasteiger partial charge in [-0.25, -0.2) is 8.42 Å². The molecule has 2 N–H and O–H groups in total. The molecular weight excluding hydrogens is 515 g/mol. The van der Waals surface area contributed by atoms with Crippen LogP contribution in [0, 0.1) is 0 Å². The van der Waals surface area contributed by atoms with Crippen molar-refractivity contribution < 1.29 is 13.2 Å². The lowest BCUT2D eigenvalue weighted by Crippen LogP contribution is -2.50. The maximum atomic E-state index is 11.5. The van der Waals surface area contributed by atoms with Gasteiger partial charge in [0.25, 0.3) is 0 Å². The average Bonchev–Trinajstić information content (AvgIpc) is 3.25. The fourth-order valence-electron chi connectivity index (χ4n) is 4.19. The summed E-state index contributed by atoms with van der Waals surface area (Å²) < 4.78 is 28.7. The van der Waals surface area contributed by atoms with Gasteiger partial charge in [0.2, 0.25) is 0 Å². The lowest BCUT2D eigenvalue weighted by molar-refractivity contribution is 0.150. The number of ether oxygens (including phenoxy) is 1. The second-order valence-corrected chi connectivity index (χ2v) is 10.00. The van der Waals surface area contributed by atoms with Crippen LogP contribution in [0.3, 0.4) is 0 Å². The van der Waals surface area contributed by atoms with Gasteiger partial charge >= 0.3 is 0 Å². The lowest BCUT2D eigenvalue weighted by atomic mass is 10.0. The van der Waals surface area contributed by atoms with Gasteiger partial charge < -0.3 is 20.3 Å². The van der Waals surface area contributed by atoms with Gasteiger partial charge in [0.05, 0.1) is 11.4 Å². The first kappa shape index (κ1) is 25.2. The van der Waals surface area contributed by atoms with Crippen molar-refractivity contribution in [3.8, 4) is 5.75 Å². The highest BCUT2D eigenvalue weighted by molar-refractivity contribution is 14.0. The van der Waals surface area contributed by atoms with E-state index in [0.29, 0.717) is 29.8 Å². The van der Waals surface area contributed by atoms with Gasteiger partial charge in [-0.15, -0.1) is 24.0 Å². The summed E-state index contributed by atoms with van der Waals surface area (Å²) in [5.41, 5.74) is 0. The van der Waals surface area contributed by atoms with Crippen molar-refractivity contribution in [1.82, 2.24) is 15.5 Å². The SMILES string of the molecule is CN=C(NCCOc1ccc(S(C)(=O)=O)cc1)NC1CCN(C2CCCC2)CC1.I. The minimum absolute atomic E-state index is 0. The molecule has 170 valence electrons. The third kappa shape index (κ3) is 7.56. The van der Waals surface area contributed by atoms with E-state index in [0.717, 1.165) is 24.8 Å². The first-order valence-electron chi connectivity index (χ1n) is 10.6. The second-order valence-electron chi connectivity index (χ2n) is 7.98. The molecule has 3 rings (SSSR count). The van der Waals surface area contributed by atoms with Gasteiger partial charge in [-0.05, 0) is 49.9 Å². The number of rotatable bonds is 7. The molecule has 30 heavy (non-hydrogen) atoms. The summed E-state index contributed by atoms with van der Waals surface area (Å²) in [5, 5.41) is 6.82. The Morgan fingerprint density at radius 1 is 1.13 bits per heavy atom. The number of hydrogen-bond acceptors (Lipinski definition) is 5. The number of halogens is 1. The molecular formula is C21H35IN4O3S. The third-order valence-electron chi connectivity index (χ3n) is 5.85. The molecule has 1 aromatic carbocycles. The number of likely N-dealkylation sites (tertiary alicyclic amines) is 1. The topological polar surface area (TPSA) is 83.0 Å². The van der Waals surface area contributed by atoms with Gasteiger partial charge in [0, 0.05) is 38.5 Å². The van der Waals surface area contributed by atoms with Crippen LogP contribution in [0.5, 0.6) is 5.75 Å². The minimum atomic E-state index is -3.18. The van der Waals surface area contributed by atoms with Gasteiger partial charge in [0.15, 0.2) is 15.8 Å². The molecule has 7 nitrogen and oxygen atoms in total. The molecule has 0 bridgehead atoms. The Morgan fingerprint density at radius 3 is 2.33 bits per heavy atom. The summed E-state index contributed by atoms with van der Waals surface area (Å²) in [4.78, 5) is 7.29. The summed E-state index contributed by atoms with van der Waals surface area (Å²) in [7, 11) is -1.39. The Balaban J connectivity index is 0.00000320. The maximum absolute atomic E-state index is 11.5. The zero-order chi connectivity index (χ0) is 20.7. The quantitative estimate of drug-likeness (QED) is 0.235. The van der Waals surface area contributed by atoms with Gasteiger partial charge in [-0.2, -0.15) is 0 Å². The summed E-state index contributed by atoms with van der Waals surface area (Å²) >= 11 is 0. The number of sulfone groups is 1. The van der Waals surface area contributed by atoms with Gasteiger partial charge in [-0.1, -0.05) is 12.8 Å². The van der Waals surface area contributed by atoms with Crippen LogP contribution in [-0.4, -0.2) is 70.9 Å². The number of nitrogens with zero attached hydrogens (tertiary/aromatic N) is 2. The van der Waals surface area contributed by atoms with Gasteiger partial charge in [-0.3, -0.25) is 4.99 Å². The predicted octanol–water partition coefficient (Wildman–Crippen LogP) is 2.66. The molecule has 0 spiro atoms. The molecule has 1 saturated carbocycles. The van der Waals surface area contributed by atoms with Crippen molar-refractivity contribution in [1.29, 1.82) is 0 Å². The van der Waals surface area contributed by atoms with Crippen molar-refractivity contribution >= 4 is 39.8 Å². The second kappa shape index (κ2) is 12.1. The Bertz CT molecular complexity index is 772. The molecule has 0 unspecified atom stereocenters. The number of benzene rings is 1. The molecule has 1 heterocycles. The highest BCUT2D eigenvalue weighted by Crippen LogP contribution is 2.26. The van der Waals surface area contributed by atoms with E-state index in [1.807, 2.05) is 0 Å². The lowest BCUT2D eigenvalue weighted by Gasteiger charge is -2.36. The van der Waals surface area contributed by atoms with Crippen LogP contribution in [0.15, 0.2) is 34.2 Å². The molecule has 0 amide bonds. The number of nitrogens with one attached hydrogen (secondary N) is 2.